The minimum absolute atomic E-state index is 0.645. The molecule has 7 heteroatoms. The molecule has 0 aromatic carbocycles. The molecule has 0 spiro atoms. The Bertz CT molecular complexity index is 378. The van der Waals surface area contributed by atoms with Gasteiger partial charge in [0.05, 0.1) is 0 Å². The minimum Gasteiger partial charge on any atom is -0.354 e. The molecule has 1 aromatic heterocycles. The van der Waals surface area contributed by atoms with Crippen LogP contribution in [0.5, 0.6) is 0 Å². The Kier molecular flexibility index (Phi) is 10.2. The van der Waals surface area contributed by atoms with E-state index in [2.05, 4.69) is 32.1 Å². The standard InChI is InChI=1S/C15H31N7/c1-2-3-4-5-10-18-14-19-13-20-15(21-14)22(11-6-8-16)12-7-9-17/h13H,2-12,16-17H2,1H3,(H,18,19,20,21). The zero-order valence-electron chi connectivity index (χ0n) is 13.8. The fourth-order valence-electron chi connectivity index (χ4n) is 2.15. The first-order chi connectivity index (χ1) is 10.8. The van der Waals surface area contributed by atoms with E-state index < -0.39 is 0 Å². The van der Waals surface area contributed by atoms with Gasteiger partial charge < -0.3 is 21.7 Å². The summed E-state index contributed by atoms with van der Waals surface area (Å²) in [5, 5.41) is 3.27. The predicted octanol–water partition coefficient (Wildman–Crippen LogP) is 1.37. The molecule has 0 saturated carbocycles. The lowest BCUT2D eigenvalue weighted by molar-refractivity contribution is 0.676. The van der Waals surface area contributed by atoms with Gasteiger partial charge in [0.2, 0.25) is 11.9 Å². The van der Waals surface area contributed by atoms with Gasteiger partial charge in [-0.05, 0) is 32.4 Å². The average Bonchev–Trinajstić information content (AvgIpc) is 2.55. The molecule has 1 rings (SSSR count). The molecule has 0 aliphatic carbocycles. The third-order valence-corrected chi connectivity index (χ3v) is 3.42. The molecule has 0 saturated heterocycles. The van der Waals surface area contributed by atoms with Crippen molar-refractivity contribution in [2.24, 2.45) is 11.5 Å². The third kappa shape index (κ3) is 7.51. The largest absolute Gasteiger partial charge is 0.354 e. The topological polar surface area (TPSA) is 106 Å². The van der Waals surface area contributed by atoms with Crippen molar-refractivity contribution in [1.29, 1.82) is 0 Å². The van der Waals surface area contributed by atoms with E-state index in [1.807, 2.05) is 0 Å². The minimum atomic E-state index is 0.645. The van der Waals surface area contributed by atoms with Crippen molar-refractivity contribution in [1.82, 2.24) is 15.0 Å². The number of aromatic nitrogens is 3. The first kappa shape index (κ1) is 18.6. The second-order valence-electron chi connectivity index (χ2n) is 5.37. The van der Waals surface area contributed by atoms with Gasteiger partial charge in [0.1, 0.15) is 6.33 Å². The highest BCUT2D eigenvalue weighted by Crippen LogP contribution is 2.10. The summed E-state index contributed by atoms with van der Waals surface area (Å²) in [6.07, 6.45) is 8.28. The van der Waals surface area contributed by atoms with Crippen molar-refractivity contribution >= 4 is 11.9 Å². The zero-order chi connectivity index (χ0) is 16.0. The van der Waals surface area contributed by atoms with Gasteiger partial charge in [-0.1, -0.05) is 26.2 Å². The lowest BCUT2D eigenvalue weighted by atomic mass is 10.2. The molecular weight excluding hydrogens is 278 g/mol. The summed E-state index contributed by atoms with van der Waals surface area (Å²) in [6.45, 7) is 6.12. The lowest BCUT2D eigenvalue weighted by Crippen LogP contribution is -2.30. The summed E-state index contributed by atoms with van der Waals surface area (Å²) in [5.41, 5.74) is 11.2. The van der Waals surface area contributed by atoms with Gasteiger partial charge in [-0.3, -0.25) is 0 Å². The van der Waals surface area contributed by atoms with Crippen molar-refractivity contribution in [2.75, 3.05) is 42.9 Å². The SMILES string of the molecule is CCCCCCNc1ncnc(N(CCCN)CCCN)n1. The number of anilines is 2. The van der Waals surface area contributed by atoms with Crippen LogP contribution in [0.3, 0.4) is 0 Å². The highest BCUT2D eigenvalue weighted by Gasteiger charge is 2.10. The van der Waals surface area contributed by atoms with Crippen LogP contribution >= 0.6 is 0 Å². The number of nitrogens with one attached hydrogen (secondary N) is 1. The van der Waals surface area contributed by atoms with Crippen molar-refractivity contribution in [2.45, 2.75) is 45.4 Å². The molecule has 22 heavy (non-hydrogen) atoms. The van der Waals surface area contributed by atoms with Crippen molar-refractivity contribution in [3.63, 3.8) is 0 Å². The van der Waals surface area contributed by atoms with Crippen LogP contribution < -0.4 is 21.7 Å². The summed E-state index contributed by atoms with van der Waals surface area (Å²) in [6, 6.07) is 0. The van der Waals surface area contributed by atoms with E-state index in [1.165, 1.54) is 19.3 Å². The highest BCUT2D eigenvalue weighted by atomic mass is 15.3. The molecule has 0 aliphatic rings. The Hall–Kier alpha value is -1.47. The molecular formula is C15H31N7. The normalized spacial score (nSPS) is 10.7. The van der Waals surface area contributed by atoms with Gasteiger partial charge in [-0.25, -0.2) is 9.97 Å². The number of hydrogen-bond donors (Lipinski definition) is 3. The van der Waals surface area contributed by atoms with Gasteiger partial charge in [0.25, 0.3) is 0 Å². The summed E-state index contributed by atoms with van der Waals surface area (Å²) < 4.78 is 0. The lowest BCUT2D eigenvalue weighted by Gasteiger charge is -2.22. The molecule has 1 heterocycles. The van der Waals surface area contributed by atoms with Crippen molar-refractivity contribution in [3.05, 3.63) is 6.33 Å². The van der Waals surface area contributed by atoms with Crippen LogP contribution in [-0.2, 0) is 0 Å². The molecule has 7 nitrogen and oxygen atoms in total. The number of nitrogens with two attached hydrogens (primary N) is 2. The first-order valence-corrected chi connectivity index (χ1v) is 8.39. The van der Waals surface area contributed by atoms with Gasteiger partial charge in [0, 0.05) is 19.6 Å². The van der Waals surface area contributed by atoms with Gasteiger partial charge >= 0.3 is 0 Å². The molecule has 0 aliphatic heterocycles. The smallest absolute Gasteiger partial charge is 0.230 e. The molecule has 1 aromatic rings. The average molecular weight is 309 g/mol. The monoisotopic (exact) mass is 309 g/mol. The summed E-state index contributed by atoms with van der Waals surface area (Å²) >= 11 is 0. The highest BCUT2D eigenvalue weighted by molar-refractivity contribution is 5.35. The molecule has 5 N–H and O–H groups in total. The fourth-order valence-corrected chi connectivity index (χ4v) is 2.15. The van der Waals surface area contributed by atoms with Gasteiger partial charge in [-0.2, -0.15) is 4.98 Å². The van der Waals surface area contributed by atoms with E-state index in [-0.39, 0.29) is 0 Å². The second-order valence-corrected chi connectivity index (χ2v) is 5.37. The van der Waals surface area contributed by atoms with E-state index in [0.29, 0.717) is 25.0 Å². The molecule has 0 unspecified atom stereocenters. The van der Waals surface area contributed by atoms with E-state index in [1.54, 1.807) is 6.33 Å². The Morgan fingerprint density at radius 3 is 2.36 bits per heavy atom. The first-order valence-electron chi connectivity index (χ1n) is 8.39. The van der Waals surface area contributed by atoms with Crippen LogP contribution in [0.2, 0.25) is 0 Å². The molecule has 0 radical (unpaired) electrons. The maximum Gasteiger partial charge on any atom is 0.230 e. The van der Waals surface area contributed by atoms with E-state index >= 15 is 0 Å². The molecule has 0 fully saturated rings. The van der Waals surface area contributed by atoms with Crippen LogP contribution in [-0.4, -0.2) is 47.7 Å². The second kappa shape index (κ2) is 12.1. The van der Waals surface area contributed by atoms with Gasteiger partial charge in [-0.15, -0.1) is 0 Å². The van der Waals surface area contributed by atoms with Crippen LogP contribution in [0, 0.1) is 0 Å². The fraction of sp³-hybridized carbons (Fsp3) is 0.800. The van der Waals surface area contributed by atoms with Gasteiger partial charge in [0.15, 0.2) is 0 Å². The Balaban J connectivity index is 2.54. The number of hydrogen-bond acceptors (Lipinski definition) is 7. The van der Waals surface area contributed by atoms with Crippen LogP contribution in [0.1, 0.15) is 45.4 Å². The Labute approximate surface area is 133 Å². The Morgan fingerprint density at radius 1 is 1.00 bits per heavy atom. The van der Waals surface area contributed by atoms with E-state index in [9.17, 15) is 0 Å². The predicted molar refractivity (Wildman–Crippen MR) is 92.0 cm³/mol. The summed E-state index contributed by atoms with van der Waals surface area (Å²) in [5.74, 6) is 1.35. The zero-order valence-corrected chi connectivity index (χ0v) is 13.8. The van der Waals surface area contributed by atoms with Crippen molar-refractivity contribution < 1.29 is 0 Å². The third-order valence-electron chi connectivity index (χ3n) is 3.42. The van der Waals surface area contributed by atoms with Crippen LogP contribution in [0.15, 0.2) is 6.33 Å². The summed E-state index contributed by atoms with van der Waals surface area (Å²) in [4.78, 5) is 15.1. The van der Waals surface area contributed by atoms with Crippen LogP contribution in [0.25, 0.3) is 0 Å². The Morgan fingerprint density at radius 2 is 1.73 bits per heavy atom. The molecule has 0 atom stereocenters. The number of rotatable bonds is 13. The quantitative estimate of drug-likeness (QED) is 0.472. The molecule has 0 bridgehead atoms. The summed E-state index contributed by atoms with van der Waals surface area (Å²) in [7, 11) is 0. The van der Waals surface area contributed by atoms with Crippen molar-refractivity contribution in [3.8, 4) is 0 Å². The molecule has 0 amide bonds. The maximum atomic E-state index is 5.60. The van der Waals surface area contributed by atoms with Crippen LogP contribution in [0.4, 0.5) is 11.9 Å². The number of nitrogens with zero attached hydrogens (tertiary/aromatic N) is 4. The maximum absolute atomic E-state index is 5.60. The number of unbranched alkanes of at least 4 members (excludes halogenated alkanes) is 3. The molecule has 126 valence electrons. The van der Waals surface area contributed by atoms with E-state index in [0.717, 1.165) is 38.9 Å². The van der Waals surface area contributed by atoms with E-state index in [4.69, 9.17) is 11.5 Å².